The molecule has 2 rings (SSSR count). The maximum absolute atomic E-state index is 12.4. The zero-order valence-electron chi connectivity index (χ0n) is 12.5. The van der Waals surface area contributed by atoms with Gasteiger partial charge in [-0.15, -0.1) is 0 Å². The van der Waals surface area contributed by atoms with E-state index in [0.29, 0.717) is 17.7 Å². The van der Waals surface area contributed by atoms with Crippen LogP contribution in [0.4, 0.5) is 0 Å². The Morgan fingerprint density at radius 1 is 1.19 bits per heavy atom. The third-order valence-electron chi connectivity index (χ3n) is 3.46. The van der Waals surface area contributed by atoms with Crippen molar-refractivity contribution in [2.24, 2.45) is 0 Å². The van der Waals surface area contributed by atoms with Gasteiger partial charge in [0.05, 0.1) is 7.11 Å². The highest BCUT2D eigenvalue weighted by molar-refractivity contribution is 5.96. The first-order valence-electron chi connectivity index (χ1n) is 6.70. The summed E-state index contributed by atoms with van der Waals surface area (Å²) in [5.41, 5.74) is 2.14. The summed E-state index contributed by atoms with van der Waals surface area (Å²) in [5.74, 6) is 0.814. The molecule has 4 nitrogen and oxygen atoms in total. The van der Waals surface area contributed by atoms with Crippen molar-refractivity contribution >= 4 is 5.91 Å². The van der Waals surface area contributed by atoms with Crippen LogP contribution in [0.25, 0.3) is 0 Å². The van der Waals surface area contributed by atoms with Gasteiger partial charge in [-0.1, -0.05) is 18.2 Å². The summed E-state index contributed by atoms with van der Waals surface area (Å²) in [6.45, 7) is 2.24. The van der Waals surface area contributed by atoms with Crippen molar-refractivity contribution in [1.29, 1.82) is 0 Å². The Balaban J connectivity index is 2.13. The number of hydrogen-bond acceptors (Lipinski definition) is 3. The number of nitrogens with zero attached hydrogens (tertiary/aromatic N) is 1. The van der Waals surface area contributed by atoms with E-state index in [0.717, 1.165) is 11.3 Å². The highest BCUT2D eigenvalue weighted by Gasteiger charge is 2.15. The van der Waals surface area contributed by atoms with Crippen LogP contribution in [-0.4, -0.2) is 30.1 Å². The number of methoxy groups -OCH3 is 1. The number of carbonyl (C=O) groups excluding carboxylic acids is 1. The van der Waals surface area contributed by atoms with E-state index in [1.165, 1.54) is 0 Å². The van der Waals surface area contributed by atoms with Crippen LogP contribution in [-0.2, 0) is 6.54 Å². The molecule has 2 aromatic rings. The first-order valence-corrected chi connectivity index (χ1v) is 6.70. The largest absolute Gasteiger partial charge is 0.508 e. The van der Waals surface area contributed by atoms with Crippen molar-refractivity contribution in [2.75, 3.05) is 14.2 Å². The summed E-state index contributed by atoms with van der Waals surface area (Å²) in [4.78, 5) is 14.1. The molecule has 4 heteroatoms. The number of phenols is 1. The minimum absolute atomic E-state index is 0.112. The molecule has 0 heterocycles. The molecule has 0 radical (unpaired) electrons. The third-order valence-corrected chi connectivity index (χ3v) is 3.46. The molecule has 1 N–H and O–H groups in total. The highest BCUT2D eigenvalue weighted by Crippen LogP contribution is 2.21. The summed E-state index contributed by atoms with van der Waals surface area (Å²) in [6.07, 6.45) is 0. The number of phenolic OH excluding ortho intramolecular Hbond substituents is 1. The molecule has 21 heavy (non-hydrogen) atoms. The monoisotopic (exact) mass is 285 g/mol. The standard InChI is InChI=1S/C17H19NO3/c1-12-15(5-4-6-16(12)19)17(20)18(2)11-13-7-9-14(21-3)10-8-13/h4-10,19H,11H2,1-3H3. The van der Waals surface area contributed by atoms with Gasteiger partial charge in [0.15, 0.2) is 0 Å². The van der Waals surface area contributed by atoms with E-state index >= 15 is 0 Å². The fourth-order valence-electron chi connectivity index (χ4n) is 2.14. The van der Waals surface area contributed by atoms with Gasteiger partial charge in [-0.3, -0.25) is 4.79 Å². The van der Waals surface area contributed by atoms with E-state index in [2.05, 4.69) is 0 Å². The molecule has 0 spiro atoms. The van der Waals surface area contributed by atoms with Crippen molar-refractivity contribution in [3.05, 3.63) is 59.2 Å². The molecule has 0 saturated carbocycles. The van der Waals surface area contributed by atoms with E-state index in [9.17, 15) is 9.90 Å². The van der Waals surface area contributed by atoms with Gasteiger partial charge in [-0.2, -0.15) is 0 Å². The molecular formula is C17H19NO3. The Bertz CT molecular complexity index is 635. The topological polar surface area (TPSA) is 49.8 Å². The summed E-state index contributed by atoms with van der Waals surface area (Å²) >= 11 is 0. The number of carbonyl (C=O) groups is 1. The molecular weight excluding hydrogens is 266 g/mol. The fraction of sp³-hybridized carbons (Fsp3) is 0.235. The summed E-state index contributed by atoms with van der Waals surface area (Å²) in [7, 11) is 3.37. The van der Waals surface area contributed by atoms with Crippen molar-refractivity contribution < 1.29 is 14.6 Å². The molecule has 0 bridgehead atoms. The molecule has 0 aliphatic carbocycles. The smallest absolute Gasteiger partial charge is 0.254 e. The number of rotatable bonds is 4. The zero-order chi connectivity index (χ0) is 15.4. The number of ether oxygens (including phenoxy) is 1. The predicted octanol–water partition coefficient (Wildman–Crippen LogP) is 2.98. The second-order valence-electron chi connectivity index (χ2n) is 4.96. The van der Waals surface area contributed by atoms with Crippen LogP contribution in [0, 0.1) is 6.92 Å². The van der Waals surface area contributed by atoms with Gasteiger partial charge in [0, 0.05) is 24.7 Å². The Morgan fingerprint density at radius 2 is 1.86 bits per heavy atom. The third kappa shape index (κ3) is 3.34. The zero-order valence-corrected chi connectivity index (χ0v) is 12.5. The van der Waals surface area contributed by atoms with Gasteiger partial charge >= 0.3 is 0 Å². The molecule has 0 aromatic heterocycles. The molecule has 0 atom stereocenters. The molecule has 0 unspecified atom stereocenters. The lowest BCUT2D eigenvalue weighted by molar-refractivity contribution is 0.0784. The first-order chi connectivity index (χ1) is 10.0. The number of aromatic hydroxyl groups is 1. The molecule has 1 amide bonds. The maximum Gasteiger partial charge on any atom is 0.254 e. The van der Waals surface area contributed by atoms with Crippen LogP contribution in [0.3, 0.4) is 0 Å². The second-order valence-corrected chi connectivity index (χ2v) is 4.96. The lowest BCUT2D eigenvalue weighted by Gasteiger charge is -2.19. The molecule has 110 valence electrons. The number of benzene rings is 2. The molecule has 0 saturated heterocycles. The molecule has 0 fully saturated rings. The van der Waals surface area contributed by atoms with Crippen molar-refractivity contribution in [3.8, 4) is 11.5 Å². The van der Waals surface area contributed by atoms with Crippen LogP contribution in [0.2, 0.25) is 0 Å². The van der Waals surface area contributed by atoms with Gasteiger partial charge in [0.2, 0.25) is 0 Å². The lowest BCUT2D eigenvalue weighted by Crippen LogP contribution is -2.26. The van der Waals surface area contributed by atoms with Crippen LogP contribution < -0.4 is 4.74 Å². The second kappa shape index (κ2) is 6.31. The summed E-state index contributed by atoms with van der Waals surface area (Å²) in [6, 6.07) is 12.6. The van der Waals surface area contributed by atoms with Crippen molar-refractivity contribution in [1.82, 2.24) is 4.90 Å². The van der Waals surface area contributed by atoms with Crippen molar-refractivity contribution in [3.63, 3.8) is 0 Å². The van der Waals surface area contributed by atoms with E-state index in [1.807, 2.05) is 24.3 Å². The molecule has 2 aromatic carbocycles. The Kier molecular flexibility index (Phi) is 4.48. The van der Waals surface area contributed by atoms with E-state index in [-0.39, 0.29) is 11.7 Å². The van der Waals surface area contributed by atoms with Crippen LogP contribution >= 0.6 is 0 Å². The summed E-state index contributed by atoms with van der Waals surface area (Å²) in [5, 5.41) is 9.69. The average Bonchev–Trinajstić information content (AvgIpc) is 2.50. The molecule has 0 aliphatic rings. The van der Waals surface area contributed by atoms with E-state index < -0.39 is 0 Å². The lowest BCUT2D eigenvalue weighted by atomic mass is 10.1. The van der Waals surface area contributed by atoms with Crippen LogP contribution in [0.5, 0.6) is 11.5 Å². The van der Waals surface area contributed by atoms with Gasteiger partial charge in [0.1, 0.15) is 11.5 Å². The van der Waals surface area contributed by atoms with Gasteiger partial charge in [-0.25, -0.2) is 0 Å². The Labute approximate surface area is 124 Å². The maximum atomic E-state index is 12.4. The Hall–Kier alpha value is -2.49. The predicted molar refractivity (Wildman–Crippen MR) is 81.6 cm³/mol. The number of hydrogen-bond donors (Lipinski definition) is 1. The summed E-state index contributed by atoms with van der Waals surface area (Å²) < 4.78 is 5.11. The van der Waals surface area contributed by atoms with Crippen LogP contribution in [0.1, 0.15) is 21.5 Å². The van der Waals surface area contributed by atoms with E-state index in [4.69, 9.17) is 4.74 Å². The minimum atomic E-state index is -0.112. The normalized spacial score (nSPS) is 10.2. The highest BCUT2D eigenvalue weighted by atomic mass is 16.5. The quantitative estimate of drug-likeness (QED) is 0.939. The number of amides is 1. The van der Waals surface area contributed by atoms with Gasteiger partial charge < -0.3 is 14.7 Å². The van der Waals surface area contributed by atoms with Gasteiger partial charge in [-0.05, 0) is 36.8 Å². The SMILES string of the molecule is COc1ccc(CN(C)C(=O)c2cccc(O)c2C)cc1. The van der Waals surface area contributed by atoms with Gasteiger partial charge in [0.25, 0.3) is 5.91 Å². The van der Waals surface area contributed by atoms with Crippen LogP contribution in [0.15, 0.2) is 42.5 Å². The Morgan fingerprint density at radius 3 is 2.48 bits per heavy atom. The first kappa shape index (κ1) is 14.9. The average molecular weight is 285 g/mol. The fourth-order valence-corrected chi connectivity index (χ4v) is 2.14. The minimum Gasteiger partial charge on any atom is -0.508 e. The molecule has 0 aliphatic heterocycles. The van der Waals surface area contributed by atoms with E-state index in [1.54, 1.807) is 44.2 Å². The van der Waals surface area contributed by atoms with Crippen molar-refractivity contribution in [2.45, 2.75) is 13.5 Å².